The number of nitrogens with zero attached hydrogens (tertiary/aromatic N) is 1. The summed E-state index contributed by atoms with van der Waals surface area (Å²) in [6, 6.07) is 0. The Hall–Kier alpha value is -0.660. The van der Waals surface area contributed by atoms with Crippen LogP contribution in [0, 0.1) is 0 Å². The molecule has 0 bridgehead atoms. The van der Waals surface area contributed by atoms with Gasteiger partial charge in [0.2, 0.25) is 0 Å². The first-order chi connectivity index (χ1) is 7.31. The van der Waals surface area contributed by atoms with Crippen LogP contribution >= 0.6 is 0 Å². The van der Waals surface area contributed by atoms with Gasteiger partial charge < -0.3 is 10.2 Å². The molecule has 0 rings (SSSR count). The van der Waals surface area contributed by atoms with Crippen molar-refractivity contribution >= 4 is 0 Å². The Labute approximate surface area is 95.7 Å². The first-order valence-corrected chi connectivity index (χ1v) is 6.41. The average Bonchev–Trinajstić information content (AvgIpc) is 2.24. The van der Waals surface area contributed by atoms with E-state index in [1.807, 2.05) is 0 Å². The van der Waals surface area contributed by atoms with Gasteiger partial charge in [-0.3, -0.25) is 0 Å². The van der Waals surface area contributed by atoms with Gasteiger partial charge in [-0.2, -0.15) is 0 Å². The highest BCUT2D eigenvalue weighted by atomic mass is 15.1. The zero-order chi connectivity index (χ0) is 11.4. The lowest BCUT2D eigenvalue weighted by molar-refractivity contribution is 0.427. The third-order valence-corrected chi connectivity index (χ3v) is 2.46. The molecule has 0 atom stereocenters. The van der Waals surface area contributed by atoms with Crippen LogP contribution in [0.5, 0.6) is 0 Å². The highest BCUT2D eigenvalue weighted by molar-refractivity contribution is 4.78. The molecule has 0 saturated carbocycles. The first-order valence-electron chi connectivity index (χ1n) is 6.41. The molecule has 0 aliphatic heterocycles. The third-order valence-electron chi connectivity index (χ3n) is 2.46. The Balaban J connectivity index is 3.24. The SMILES string of the molecule is CCCCCCCN(C)/C=C\NCCC. The number of rotatable bonds is 10. The van der Waals surface area contributed by atoms with Gasteiger partial charge in [-0.1, -0.05) is 39.5 Å². The zero-order valence-corrected chi connectivity index (χ0v) is 10.8. The lowest BCUT2D eigenvalue weighted by Crippen LogP contribution is -2.14. The third kappa shape index (κ3) is 11.3. The van der Waals surface area contributed by atoms with Gasteiger partial charge in [-0.05, 0) is 12.8 Å². The van der Waals surface area contributed by atoms with Gasteiger partial charge in [0.05, 0.1) is 0 Å². The second-order valence-corrected chi connectivity index (χ2v) is 4.16. The number of unbranched alkanes of at least 4 members (excludes halogenated alkanes) is 4. The summed E-state index contributed by atoms with van der Waals surface area (Å²) in [6.45, 7) is 6.68. The molecule has 0 aliphatic rings. The van der Waals surface area contributed by atoms with Crippen molar-refractivity contribution in [1.29, 1.82) is 0 Å². The van der Waals surface area contributed by atoms with E-state index in [0.717, 1.165) is 6.54 Å². The van der Waals surface area contributed by atoms with Crippen LogP contribution in [0.3, 0.4) is 0 Å². The van der Waals surface area contributed by atoms with E-state index in [1.165, 1.54) is 45.1 Å². The van der Waals surface area contributed by atoms with Gasteiger partial charge in [0.15, 0.2) is 0 Å². The molecule has 0 aliphatic carbocycles. The quantitative estimate of drug-likeness (QED) is 0.559. The second-order valence-electron chi connectivity index (χ2n) is 4.16. The van der Waals surface area contributed by atoms with E-state index in [4.69, 9.17) is 0 Å². The lowest BCUT2D eigenvalue weighted by atomic mass is 10.1. The fraction of sp³-hybridized carbons (Fsp3) is 0.846. The molecule has 90 valence electrons. The van der Waals surface area contributed by atoms with Gasteiger partial charge in [-0.15, -0.1) is 0 Å². The van der Waals surface area contributed by atoms with Crippen LogP contribution in [0.2, 0.25) is 0 Å². The van der Waals surface area contributed by atoms with E-state index in [9.17, 15) is 0 Å². The molecule has 2 heteroatoms. The zero-order valence-electron chi connectivity index (χ0n) is 10.8. The van der Waals surface area contributed by atoms with Gasteiger partial charge in [0.25, 0.3) is 0 Å². The van der Waals surface area contributed by atoms with Crippen LogP contribution < -0.4 is 5.32 Å². The predicted octanol–water partition coefficient (Wildman–Crippen LogP) is 3.36. The van der Waals surface area contributed by atoms with Crippen molar-refractivity contribution in [3.63, 3.8) is 0 Å². The molecule has 0 amide bonds. The van der Waals surface area contributed by atoms with E-state index in [2.05, 4.69) is 43.5 Å². The maximum absolute atomic E-state index is 3.25. The van der Waals surface area contributed by atoms with Crippen molar-refractivity contribution in [3.8, 4) is 0 Å². The van der Waals surface area contributed by atoms with Gasteiger partial charge in [0, 0.05) is 32.5 Å². The van der Waals surface area contributed by atoms with E-state index >= 15 is 0 Å². The van der Waals surface area contributed by atoms with Crippen molar-refractivity contribution in [2.24, 2.45) is 0 Å². The van der Waals surface area contributed by atoms with E-state index in [-0.39, 0.29) is 0 Å². The highest BCUT2D eigenvalue weighted by Gasteiger charge is 1.91. The average molecular weight is 212 g/mol. The smallest absolute Gasteiger partial charge is 0.0169 e. The van der Waals surface area contributed by atoms with Crippen LogP contribution in [-0.4, -0.2) is 25.0 Å². The molecule has 0 unspecified atom stereocenters. The summed E-state index contributed by atoms with van der Waals surface area (Å²) in [6.07, 6.45) is 12.2. The van der Waals surface area contributed by atoms with Gasteiger partial charge in [-0.25, -0.2) is 0 Å². The minimum Gasteiger partial charge on any atom is -0.390 e. The molecular weight excluding hydrogens is 184 g/mol. The minimum atomic E-state index is 1.07. The summed E-state index contributed by atoms with van der Waals surface area (Å²) >= 11 is 0. The first kappa shape index (κ1) is 14.3. The molecule has 15 heavy (non-hydrogen) atoms. The molecule has 0 saturated heterocycles. The topological polar surface area (TPSA) is 15.3 Å². The Bertz CT molecular complexity index is 143. The summed E-state index contributed by atoms with van der Waals surface area (Å²) in [4.78, 5) is 2.26. The molecule has 0 heterocycles. The Morgan fingerprint density at radius 1 is 1.00 bits per heavy atom. The normalized spacial score (nSPS) is 10.9. The van der Waals surface area contributed by atoms with Crippen molar-refractivity contribution in [2.45, 2.75) is 52.4 Å². The number of hydrogen-bond donors (Lipinski definition) is 1. The lowest BCUT2D eigenvalue weighted by Gasteiger charge is -2.13. The largest absolute Gasteiger partial charge is 0.390 e. The van der Waals surface area contributed by atoms with Gasteiger partial charge >= 0.3 is 0 Å². The fourth-order valence-electron chi connectivity index (χ4n) is 1.45. The van der Waals surface area contributed by atoms with E-state index < -0.39 is 0 Å². The molecule has 0 fully saturated rings. The number of hydrogen-bond acceptors (Lipinski definition) is 2. The monoisotopic (exact) mass is 212 g/mol. The van der Waals surface area contributed by atoms with Crippen LogP contribution in [-0.2, 0) is 0 Å². The Morgan fingerprint density at radius 2 is 1.73 bits per heavy atom. The molecule has 0 aromatic rings. The van der Waals surface area contributed by atoms with Crippen LogP contribution in [0.25, 0.3) is 0 Å². The predicted molar refractivity (Wildman–Crippen MR) is 68.8 cm³/mol. The number of nitrogens with one attached hydrogen (secondary N) is 1. The molecule has 0 aromatic heterocycles. The standard InChI is InChI=1S/C13H28N2/c1-4-6-7-8-9-12-15(3)13-11-14-10-5-2/h11,13-14H,4-10,12H2,1-3H3/b13-11-. The molecule has 0 radical (unpaired) electrons. The summed E-state index contributed by atoms with van der Waals surface area (Å²) in [7, 11) is 2.14. The van der Waals surface area contributed by atoms with Gasteiger partial charge in [0.1, 0.15) is 0 Å². The van der Waals surface area contributed by atoms with E-state index in [0.29, 0.717) is 0 Å². The van der Waals surface area contributed by atoms with Crippen LogP contribution in [0.4, 0.5) is 0 Å². The Morgan fingerprint density at radius 3 is 2.40 bits per heavy atom. The molecular formula is C13H28N2. The molecule has 0 spiro atoms. The van der Waals surface area contributed by atoms with Crippen LogP contribution in [0.1, 0.15) is 52.4 Å². The summed E-state index contributed by atoms with van der Waals surface area (Å²) in [5, 5.41) is 3.25. The van der Waals surface area contributed by atoms with Crippen molar-refractivity contribution < 1.29 is 0 Å². The molecule has 2 nitrogen and oxygen atoms in total. The summed E-state index contributed by atoms with van der Waals surface area (Å²) < 4.78 is 0. The molecule has 0 aromatic carbocycles. The van der Waals surface area contributed by atoms with Crippen molar-refractivity contribution in [1.82, 2.24) is 10.2 Å². The van der Waals surface area contributed by atoms with E-state index in [1.54, 1.807) is 0 Å². The maximum atomic E-state index is 3.25. The van der Waals surface area contributed by atoms with Crippen LogP contribution in [0.15, 0.2) is 12.4 Å². The highest BCUT2D eigenvalue weighted by Crippen LogP contribution is 2.02. The summed E-state index contributed by atoms with van der Waals surface area (Å²) in [5.41, 5.74) is 0. The summed E-state index contributed by atoms with van der Waals surface area (Å²) in [5.74, 6) is 0. The van der Waals surface area contributed by atoms with Crippen molar-refractivity contribution in [2.75, 3.05) is 20.1 Å². The Kier molecular flexibility index (Phi) is 10.9. The second kappa shape index (κ2) is 11.4. The van der Waals surface area contributed by atoms with Crippen molar-refractivity contribution in [3.05, 3.63) is 12.4 Å². The fourth-order valence-corrected chi connectivity index (χ4v) is 1.45. The molecule has 1 N–H and O–H groups in total. The minimum absolute atomic E-state index is 1.07. The maximum Gasteiger partial charge on any atom is 0.0169 e.